The van der Waals surface area contributed by atoms with Crippen molar-refractivity contribution in [1.82, 2.24) is 14.7 Å². The van der Waals surface area contributed by atoms with Gasteiger partial charge in [0.05, 0.1) is 11.1 Å². The monoisotopic (exact) mass is 660 g/mol. The Hall–Kier alpha value is -4.19. The first-order valence-corrected chi connectivity index (χ1v) is 15.4. The second-order valence-corrected chi connectivity index (χ2v) is 12.1. The fourth-order valence-electron chi connectivity index (χ4n) is 5.54. The van der Waals surface area contributed by atoms with E-state index in [1.54, 1.807) is 36.4 Å². The summed E-state index contributed by atoms with van der Waals surface area (Å²) in [7, 11) is 1.50. The summed E-state index contributed by atoms with van der Waals surface area (Å²) in [5, 5.41) is 0. The highest BCUT2D eigenvalue weighted by atomic mass is 19.4. The molecule has 252 valence electrons. The molecule has 4 rings (SSSR count). The number of amides is 2. The van der Waals surface area contributed by atoms with Crippen molar-refractivity contribution in [1.29, 1.82) is 0 Å². The van der Waals surface area contributed by atoms with Crippen molar-refractivity contribution in [3.05, 3.63) is 107 Å². The van der Waals surface area contributed by atoms with E-state index in [0.29, 0.717) is 61.7 Å². The second kappa shape index (κ2) is 15.1. The highest BCUT2D eigenvalue weighted by Gasteiger charge is 2.37. The SMILES string of the molecule is CC(C)CC(=NC(=O)c1ccccc1)N1CCN(C(C(=O)N(C)CCc2cc(C(F)(F)F)cc(C(F)(F)F)c2)c2ccccc2)CC1. The molecule has 1 saturated heterocycles. The number of benzene rings is 3. The lowest BCUT2D eigenvalue weighted by atomic mass is 10.0. The molecule has 12 heteroatoms. The van der Waals surface area contributed by atoms with Gasteiger partial charge in [-0.1, -0.05) is 62.4 Å². The summed E-state index contributed by atoms with van der Waals surface area (Å²) in [6.45, 7) is 5.91. The Balaban J connectivity index is 1.51. The molecule has 0 radical (unpaired) electrons. The first-order chi connectivity index (χ1) is 22.1. The Kier molecular flexibility index (Phi) is 11.5. The van der Waals surface area contributed by atoms with Gasteiger partial charge in [0, 0.05) is 51.8 Å². The van der Waals surface area contributed by atoms with Crippen molar-refractivity contribution in [2.45, 2.75) is 45.1 Å². The molecule has 1 heterocycles. The number of hydrogen-bond acceptors (Lipinski definition) is 3. The molecule has 1 unspecified atom stereocenters. The average Bonchev–Trinajstić information content (AvgIpc) is 3.03. The van der Waals surface area contributed by atoms with Gasteiger partial charge < -0.3 is 9.80 Å². The summed E-state index contributed by atoms with van der Waals surface area (Å²) in [6, 6.07) is 18.6. The third-order valence-electron chi connectivity index (χ3n) is 8.00. The molecule has 0 N–H and O–H groups in total. The first-order valence-electron chi connectivity index (χ1n) is 15.4. The smallest absolute Gasteiger partial charge is 0.357 e. The molecule has 0 aliphatic carbocycles. The largest absolute Gasteiger partial charge is 0.416 e. The van der Waals surface area contributed by atoms with E-state index in [1.165, 1.54) is 11.9 Å². The Morgan fingerprint density at radius 2 is 1.34 bits per heavy atom. The van der Waals surface area contributed by atoms with Crippen molar-refractivity contribution in [2.75, 3.05) is 39.8 Å². The van der Waals surface area contributed by atoms with Gasteiger partial charge in [0.1, 0.15) is 11.9 Å². The van der Waals surface area contributed by atoms with Crippen LogP contribution in [0.1, 0.15) is 58.9 Å². The zero-order chi connectivity index (χ0) is 34.4. The molecule has 47 heavy (non-hydrogen) atoms. The summed E-state index contributed by atoms with van der Waals surface area (Å²) in [5.41, 5.74) is -1.74. The Morgan fingerprint density at radius 3 is 1.85 bits per heavy atom. The molecule has 1 aliphatic heterocycles. The number of piperazine rings is 1. The van der Waals surface area contributed by atoms with Gasteiger partial charge in [-0.2, -0.15) is 31.3 Å². The van der Waals surface area contributed by atoms with Crippen LogP contribution in [0.3, 0.4) is 0 Å². The predicted molar refractivity (Wildman–Crippen MR) is 168 cm³/mol. The van der Waals surface area contributed by atoms with E-state index < -0.39 is 29.5 Å². The van der Waals surface area contributed by atoms with Crippen LogP contribution in [-0.4, -0.2) is 72.1 Å². The quantitative estimate of drug-likeness (QED) is 0.137. The van der Waals surface area contributed by atoms with Gasteiger partial charge >= 0.3 is 12.4 Å². The molecule has 3 aromatic rings. The molecule has 1 atom stereocenters. The molecule has 2 amide bonds. The minimum atomic E-state index is -4.95. The third kappa shape index (κ3) is 9.66. The summed E-state index contributed by atoms with van der Waals surface area (Å²) in [6.07, 6.45) is -9.51. The molecule has 6 nitrogen and oxygen atoms in total. The highest BCUT2D eigenvalue weighted by molar-refractivity contribution is 6.03. The average molecular weight is 661 g/mol. The fourth-order valence-corrected chi connectivity index (χ4v) is 5.54. The van der Waals surface area contributed by atoms with E-state index in [-0.39, 0.29) is 42.3 Å². The molecular weight excluding hydrogens is 622 g/mol. The van der Waals surface area contributed by atoms with Crippen LogP contribution < -0.4 is 0 Å². The number of nitrogens with zero attached hydrogens (tertiary/aromatic N) is 4. The molecule has 0 bridgehead atoms. The van der Waals surface area contributed by atoms with Crippen LogP contribution in [0.2, 0.25) is 0 Å². The molecule has 1 fully saturated rings. The Labute approximate surface area is 270 Å². The fraction of sp³-hybridized carbons (Fsp3) is 0.400. The van der Waals surface area contributed by atoms with Crippen molar-refractivity contribution in [2.24, 2.45) is 10.9 Å². The lowest BCUT2D eigenvalue weighted by molar-refractivity contribution is -0.143. The number of aliphatic imine (C=N–C) groups is 1. The van der Waals surface area contributed by atoms with E-state index in [0.717, 1.165) is 0 Å². The third-order valence-corrected chi connectivity index (χ3v) is 8.00. The number of hydrogen-bond donors (Lipinski definition) is 0. The van der Waals surface area contributed by atoms with Crippen LogP contribution in [-0.2, 0) is 23.6 Å². The number of amidine groups is 1. The lowest BCUT2D eigenvalue weighted by Gasteiger charge is -2.41. The number of carbonyl (C=O) groups is 2. The summed E-state index contributed by atoms with van der Waals surface area (Å²) in [5.74, 6) is 0.257. The van der Waals surface area contributed by atoms with Gasteiger partial charge in [-0.3, -0.25) is 14.5 Å². The van der Waals surface area contributed by atoms with Crippen LogP contribution in [0.5, 0.6) is 0 Å². The maximum absolute atomic E-state index is 13.9. The van der Waals surface area contributed by atoms with E-state index in [9.17, 15) is 35.9 Å². The molecule has 0 saturated carbocycles. The number of halogens is 6. The zero-order valence-corrected chi connectivity index (χ0v) is 26.5. The van der Waals surface area contributed by atoms with E-state index in [2.05, 4.69) is 9.89 Å². The number of alkyl halides is 6. The summed E-state index contributed by atoms with van der Waals surface area (Å²) < 4.78 is 80.3. The second-order valence-electron chi connectivity index (χ2n) is 12.1. The maximum atomic E-state index is 13.9. The van der Waals surface area contributed by atoms with Crippen molar-refractivity contribution >= 4 is 17.6 Å². The van der Waals surface area contributed by atoms with E-state index in [4.69, 9.17) is 0 Å². The molecule has 0 spiro atoms. The van der Waals surface area contributed by atoms with Gasteiger partial charge in [-0.15, -0.1) is 0 Å². The van der Waals surface area contributed by atoms with Gasteiger partial charge in [-0.05, 0) is 53.8 Å². The maximum Gasteiger partial charge on any atom is 0.416 e. The van der Waals surface area contributed by atoms with Crippen LogP contribution in [0.25, 0.3) is 0 Å². The highest BCUT2D eigenvalue weighted by Crippen LogP contribution is 2.36. The van der Waals surface area contributed by atoms with Gasteiger partial charge in [0.15, 0.2) is 0 Å². The van der Waals surface area contributed by atoms with Gasteiger partial charge in [0.25, 0.3) is 5.91 Å². The summed E-state index contributed by atoms with van der Waals surface area (Å²) >= 11 is 0. The Morgan fingerprint density at radius 1 is 0.809 bits per heavy atom. The lowest BCUT2D eigenvalue weighted by Crippen LogP contribution is -2.53. The predicted octanol–water partition coefficient (Wildman–Crippen LogP) is 7.37. The molecule has 0 aromatic heterocycles. The minimum absolute atomic E-state index is 0.0898. The van der Waals surface area contributed by atoms with Crippen LogP contribution in [0.4, 0.5) is 26.3 Å². The van der Waals surface area contributed by atoms with Crippen LogP contribution in [0.15, 0.2) is 83.9 Å². The zero-order valence-electron chi connectivity index (χ0n) is 26.5. The molecular formula is C35H38F6N4O2. The van der Waals surface area contributed by atoms with Crippen molar-refractivity contribution in [3.63, 3.8) is 0 Å². The van der Waals surface area contributed by atoms with Crippen molar-refractivity contribution in [3.8, 4) is 0 Å². The molecule has 3 aromatic carbocycles. The Bertz CT molecular complexity index is 1500. The summed E-state index contributed by atoms with van der Waals surface area (Å²) in [4.78, 5) is 36.7. The van der Waals surface area contributed by atoms with Crippen LogP contribution in [0, 0.1) is 5.92 Å². The normalized spacial score (nSPS) is 15.5. The number of carbonyl (C=O) groups excluding carboxylic acids is 2. The molecule has 1 aliphatic rings. The van der Waals surface area contributed by atoms with Crippen LogP contribution >= 0.6 is 0 Å². The minimum Gasteiger partial charge on any atom is -0.357 e. The van der Waals surface area contributed by atoms with Gasteiger partial charge in [0.2, 0.25) is 5.91 Å². The number of likely N-dealkylation sites (N-methyl/N-ethyl adjacent to an activating group) is 1. The first kappa shape index (κ1) is 35.7. The van der Waals surface area contributed by atoms with Crippen molar-refractivity contribution < 1.29 is 35.9 Å². The van der Waals surface area contributed by atoms with E-state index >= 15 is 0 Å². The number of rotatable bonds is 9. The standard InChI is InChI=1S/C35H38F6N4O2/c1-24(2)20-30(42-32(46)27-12-8-5-9-13-27)44-16-18-45(19-17-44)31(26-10-6-4-7-11-26)33(47)43(3)15-14-25-21-28(34(36,37)38)23-29(22-25)35(39,40)41/h4-13,21-24,31H,14-20H2,1-3H3. The van der Waals surface area contributed by atoms with Gasteiger partial charge in [-0.25, -0.2) is 0 Å². The van der Waals surface area contributed by atoms with E-state index in [1.807, 2.05) is 43.0 Å². The topological polar surface area (TPSA) is 56.2 Å².